The molecule has 2 fully saturated rings. The lowest BCUT2D eigenvalue weighted by molar-refractivity contribution is -0.118. The highest BCUT2D eigenvalue weighted by atomic mass is 16.2. The van der Waals surface area contributed by atoms with Gasteiger partial charge in [0.15, 0.2) is 0 Å². The number of hydrogen-bond donors (Lipinski definition) is 2. The van der Waals surface area contributed by atoms with Gasteiger partial charge in [-0.1, -0.05) is 6.07 Å². The Morgan fingerprint density at radius 3 is 2.91 bits per heavy atom. The largest absolute Gasteiger partial charge is 0.341 e. The molecule has 1 spiro atoms. The van der Waals surface area contributed by atoms with Crippen LogP contribution in [0.4, 0.5) is 5.69 Å². The number of nitrogens with one attached hydrogen (secondary N) is 2. The van der Waals surface area contributed by atoms with Crippen LogP contribution in [0.2, 0.25) is 0 Å². The van der Waals surface area contributed by atoms with Crippen LogP contribution in [0.3, 0.4) is 0 Å². The molecule has 1 aromatic rings. The van der Waals surface area contributed by atoms with Gasteiger partial charge in [0.05, 0.1) is 0 Å². The van der Waals surface area contributed by atoms with Gasteiger partial charge in [0.2, 0.25) is 5.91 Å². The van der Waals surface area contributed by atoms with E-state index < -0.39 is 0 Å². The average molecular weight is 313 g/mol. The lowest BCUT2D eigenvalue weighted by atomic mass is 9.91. The van der Waals surface area contributed by atoms with Crippen LogP contribution in [0, 0.1) is 11.3 Å². The van der Waals surface area contributed by atoms with E-state index in [0.717, 1.165) is 62.1 Å². The molecule has 2 aliphatic heterocycles. The summed E-state index contributed by atoms with van der Waals surface area (Å²) in [5.74, 6) is 0.297. The second-order valence-electron chi connectivity index (χ2n) is 7.21. The minimum atomic E-state index is 0.0450. The Morgan fingerprint density at radius 1 is 1.35 bits per heavy atom. The summed E-state index contributed by atoms with van der Waals surface area (Å²) < 4.78 is 0. The van der Waals surface area contributed by atoms with E-state index in [1.165, 1.54) is 0 Å². The van der Waals surface area contributed by atoms with Crippen molar-refractivity contribution < 1.29 is 9.59 Å². The summed E-state index contributed by atoms with van der Waals surface area (Å²) in [7, 11) is 1.82. The van der Waals surface area contributed by atoms with Crippen molar-refractivity contribution in [1.29, 1.82) is 0 Å². The molecule has 122 valence electrons. The van der Waals surface area contributed by atoms with Crippen LogP contribution in [-0.2, 0) is 11.2 Å². The number of carbonyl (C=O) groups is 2. The van der Waals surface area contributed by atoms with E-state index in [1.54, 1.807) is 4.90 Å². The Hall–Kier alpha value is -1.88. The molecule has 1 saturated carbocycles. The first kappa shape index (κ1) is 14.7. The first-order valence-corrected chi connectivity index (χ1v) is 8.49. The Balaban J connectivity index is 1.47. The normalized spacial score (nSPS) is 25.2. The summed E-state index contributed by atoms with van der Waals surface area (Å²) in [4.78, 5) is 26.5. The van der Waals surface area contributed by atoms with Gasteiger partial charge in [0.1, 0.15) is 0 Å². The first-order valence-electron chi connectivity index (χ1n) is 8.49. The minimum Gasteiger partial charge on any atom is -0.341 e. The molecule has 0 bridgehead atoms. The molecule has 2 amide bonds. The molecule has 1 saturated heterocycles. The Morgan fingerprint density at radius 2 is 2.13 bits per heavy atom. The van der Waals surface area contributed by atoms with E-state index in [-0.39, 0.29) is 23.1 Å². The van der Waals surface area contributed by atoms with Gasteiger partial charge < -0.3 is 15.5 Å². The van der Waals surface area contributed by atoms with Gasteiger partial charge in [0, 0.05) is 30.8 Å². The maximum Gasteiger partial charge on any atom is 0.253 e. The van der Waals surface area contributed by atoms with Crippen LogP contribution in [0.15, 0.2) is 18.2 Å². The van der Waals surface area contributed by atoms with Crippen molar-refractivity contribution in [3.05, 3.63) is 29.3 Å². The van der Waals surface area contributed by atoms with Crippen LogP contribution in [-0.4, -0.2) is 43.4 Å². The molecule has 5 heteroatoms. The number of rotatable bonds is 2. The monoisotopic (exact) mass is 313 g/mol. The Labute approximate surface area is 136 Å². The van der Waals surface area contributed by atoms with Crippen molar-refractivity contribution in [2.75, 3.05) is 32.0 Å². The van der Waals surface area contributed by atoms with E-state index in [0.29, 0.717) is 0 Å². The molecule has 1 atom stereocenters. The van der Waals surface area contributed by atoms with Crippen molar-refractivity contribution in [2.24, 2.45) is 11.3 Å². The quantitative estimate of drug-likeness (QED) is 0.872. The predicted molar refractivity (Wildman–Crippen MR) is 88.4 cm³/mol. The summed E-state index contributed by atoms with van der Waals surface area (Å²) in [6.45, 7) is 2.79. The molecule has 2 heterocycles. The number of nitrogens with zero attached hydrogens (tertiary/aromatic N) is 1. The third kappa shape index (κ3) is 2.53. The standard InChI is InChI=1S/C18H23N3O2/c1-21-9-4-12-2-3-13(10-14(12)17(21)23)20-16(22)15-11-18(15)5-7-19-8-6-18/h2-3,10,15,19H,4-9,11H2,1H3,(H,20,22). The van der Waals surface area contributed by atoms with Gasteiger partial charge in [-0.3, -0.25) is 9.59 Å². The maximum atomic E-state index is 12.5. The topological polar surface area (TPSA) is 61.4 Å². The third-order valence-corrected chi connectivity index (χ3v) is 5.78. The summed E-state index contributed by atoms with van der Waals surface area (Å²) >= 11 is 0. The van der Waals surface area contributed by atoms with Crippen molar-refractivity contribution in [1.82, 2.24) is 10.2 Å². The fourth-order valence-corrected chi connectivity index (χ4v) is 4.09. The number of likely N-dealkylation sites (N-methyl/N-ethyl adjacent to an activating group) is 1. The van der Waals surface area contributed by atoms with Gasteiger partial charge in [-0.05, 0) is 61.9 Å². The van der Waals surface area contributed by atoms with Crippen LogP contribution in [0.5, 0.6) is 0 Å². The fourth-order valence-electron chi connectivity index (χ4n) is 4.09. The van der Waals surface area contributed by atoms with Crippen molar-refractivity contribution in [2.45, 2.75) is 25.7 Å². The molecule has 5 nitrogen and oxygen atoms in total. The predicted octanol–water partition coefficient (Wildman–Crippen LogP) is 1.64. The molecule has 1 aromatic carbocycles. The maximum absolute atomic E-state index is 12.5. The van der Waals surface area contributed by atoms with E-state index in [2.05, 4.69) is 10.6 Å². The van der Waals surface area contributed by atoms with Gasteiger partial charge >= 0.3 is 0 Å². The number of benzene rings is 1. The van der Waals surface area contributed by atoms with E-state index in [1.807, 2.05) is 25.2 Å². The number of fused-ring (bicyclic) bond motifs is 1. The Bertz CT molecular complexity index is 664. The van der Waals surface area contributed by atoms with Gasteiger partial charge in [-0.15, -0.1) is 0 Å². The second-order valence-corrected chi connectivity index (χ2v) is 7.21. The molecule has 1 aliphatic carbocycles. The molecule has 23 heavy (non-hydrogen) atoms. The van der Waals surface area contributed by atoms with Crippen LogP contribution >= 0.6 is 0 Å². The van der Waals surface area contributed by atoms with Crippen LogP contribution in [0.25, 0.3) is 0 Å². The van der Waals surface area contributed by atoms with E-state index in [9.17, 15) is 9.59 Å². The number of anilines is 1. The van der Waals surface area contributed by atoms with Crippen LogP contribution in [0.1, 0.15) is 35.2 Å². The summed E-state index contributed by atoms with van der Waals surface area (Å²) in [5, 5.41) is 6.39. The average Bonchev–Trinajstić information content (AvgIpc) is 3.25. The number of hydrogen-bond acceptors (Lipinski definition) is 3. The number of amides is 2. The van der Waals surface area contributed by atoms with Crippen molar-refractivity contribution in [3.63, 3.8) is 0 Å². The zero-order chi connectivity index (χ0) is 16.0. The SMILES string of the molecule is CN1CCc2ccc(NC(=O)C3CC34CCNCC4)cc2C1=O. The second kappa shape index (κ2) is 5.34. The van der Waals surface area contributed by atoms with Crippen LogP contribution < -0.4 is 10.6 Å². The molecule has 1 unspecified atom stereocenters. The lowest BCUT2D eigenvalue weighted by Crippen LogP contribution is -2.34. The summed E-state index contributed by atoms with van der Waals surface area (Å²) in [5.41, 5.74) is 2.78. The lowest BCUT2D eigenvalue weighted by Gasteiger charge is -2.25. The number of piperidine rings is 1. The van der Waals surface area contributed by atoms with Gasteiger partial charge in [-0.2, -0.15) is 0 Å². The molecular formula is C18H23N3O2. The van der Waals surface area contributed by atoms with Gasteiger partial charge in [-0.25, -0.2) is 0 Å². The highest BCUT2D eigenvalue weighted by Gasteiger charge is 2.57. The molecule has 0 aromatic heterocycles. The van der Waals surface area contributed by atoms with Gasteiger partial charge in [0.25, 0.3) is 5.91 Å². The number of carbonyl (C=O) groups excluding carboxylic acids is 2. The molecule has 4 rings (SSSR count). The first-order chi connectivity index (χ1) is 11.1. The van der Waals surface area contributed by atoms with E-state index in [4.69, 9.17) is 0 Å². The third-order valence-electron chi connectivity index (χ3n) is 5.78. The molecule has 3 aliphatic rings. The molecule has 0 radical (unpaired) electrons. The van der Waals surface area contributed by atoms with Crippen molar-refractivity contribution in [3.8, 4) is 0 Å². The molecule has 2 N–H and O–H groups in total. The zero-order valence-corrected chi connectivity index (χ0v) is 13.5. The molecular weight excluding hydrogens is 290 g/mol. The highest BCUT2D eigenvalue weighted by molar-refractivity contribution is 6.00. The van der Waals surface area contributed by atoms with E-state index >= 15 is 0 Å². The highest BCUT2D eigenvalue weighted by Crippen LogP contribution is 2.58. The fraction of sp³-hybridized carbons (Fsp3) is 0.556. The smallest absolute Gasteiger partial charge is 0.253 e. The van der Waals surface area contributed by atoms with Crippen molar-refractivity contribution >= 4 is 17.5 Å². The Kier molecular flexibility index (Phi) is 3.41. The summed E-state index contributed by atoms with van der Waals surface area (Å²) in [6, 6.07) is 5.73. The minimum absolute atomic E-state index is 0.0450. The zero-order valence-electron chi connectivity index (χ0n) is 13.5. The summed E-state index contributed by atoms with van der Waals surface area (Å²) in [6.07, 6.45) is 4.08.